The SMILES string of the molecule is Cc1nc2ccc(-c3nc4ccc(N)cc4o3)cc2[nH]1. The number of benzene rings is 2. The summed E-state index contributed by atoms with van der Waals surface area (Å²) in [5.41, 5.74) is 10.7. The number of oxazole rings is 1. The molecule has 0 radical (unpaired) electrons. The molecule has 0 spiro atoms. The van der Waals surface area contributed by atoms with Crippen LogP contribution in [0, 0.1) is 6.92 Å². The molecule has 0 aliphatic carbocycles. The summed E-state index contributed by atoms with van der Waals surface area (Å²) in [6, 6.07) is 11.4. The van der Waals surface area contributed by atoms with Crippen LogP contribution >= 0.6 is 0 Å². The third-order valence-corrected chi connectivity index (χ3v) is 3.26. The summed E-state index contributed by atoms with van der Waals surface area (Å²) >= 11 is 0. The highest BCUT2D eigenvalue weighted by molar-refractivity contribution is 5.83. The first-order valence-corrected chi connectivity index (χ1v) is 6.32. The third kappa shape index (κ3) is 1.64. The molecule has 0 aliphatic rings. The van der Waals surface area contributed by atoms with Crippen molar-refractivity contribution in [1.82, 2.24) is 15.0 Å². The first-order chi connectivity index (χ1) is 9.69. The second-order valence-electron chi connectivity index (χ2n) is 4.80. The van der Waals surface area contributed by atoms with Crippen molar-refractivity contribution in [3.05, 3.63) is 42.2 Å². The Kier molecular flexibility index (Phi) is 2.12. The average Bonchev–Trinajstić information content (AvgIpc) is 2.99. The zero-order chi connectivity index (χ0) is 13.7. The Bertz CT molecular complexity index is 936. The maximum atomic E-state index is 5.77. The van der Waals surface area contributed by atoms with Gasteiger partial charge in [0.1, 0.15) is 11.3 Å². The Morgan fingerprint density at radius 3 is 2.80 bits per heavy atom. The van der Waals surface area contributed by atoms with E-state index in [0.29, 0.717) is 17.2 Å². The highest BCUT2D eigenvalue weighted by Crippen LogP contribution is 2.27. The van der Waals surface area contributed by atoms with Crippen LogP contribution in [0.4, 0.5) is 5.69 Å². The summed E-state index contributed by atoms with van der Waals surface area (Å²) in [5, 5.41) is 0. The Balaban J connectivity index is 1.90. The van der Waals surface area contributed by atoms with Gasteiger partial charge in [-0.25, -0.2) is 9.97 Å². The van der Waals surface area contributed by atoms with Crippen LogP contribution in [0.5, 0.6) is 0 Å². The normalized spacial score (nSPS) is 11.4. The van der Waals surface area contributed by atoms with E-state index in [0.717, 1.165) is 27.9 Å². The molecule has 0 aliphatic heterocycles. The molecule has 98 valence electrons. The predicted molar refractivity (Wildman–Crippen MR) is 78.2 cm³/mol. The van der Waals surface area contributed by atoms with Gasteiger partial charge >= 0.3 is 0 Å². The lowest BCUT2D eigenvalue weighted by Crippen LogP contribution is -1.81. The van der Waals surface area contributed by atoms with E-state index in [1.165, 1.54) is 0 Å². The number of rotatable bonds is 1. The maximum Gasteiger partial charge on any atom is 0.227 e. The second-order valence-corrected chi connectivity index (χ2v) is 4.80. The molecule has 0 saturated carbocycles. The predicted octanol–water partition coefficient (Wildman–Crippen LogP) is 3.26. The van der Waals surface area contributed by atoms with Gasteiger partial charge in [-0.15, -0.1) is 0 Å². The second kappa shape index (κ2) is 3.84. The molecule has 5 heteroatoms. The first kappa shape index (κ1) is 11.0. The van der Waals surface area contributed by atoms with Crippen LogP contribution in [-0.2, 0) is 0 Å². The zero-order valence-electron chi connectivity index (χ0n) is 10.8. The fourth-order valence-corrected chi connectivity index (χ4v) is 2.33. The quantitative estimate of drug-likeness (QED) is 0.517. The van der Waals surface area contributed by atoms with Crippen molar-refractivity contribution in [2.75, 3.05) is 5.73 Å². The maximum absolute atomic E-state index is 5.77. The summed E-state index contributed by atoms with van der Waals surface area (Å²) in [4.78, 5) is 12.1. The van der Waals surface area contributed by atoms with Gasteiger partial charge in [0.15, 0.2) is 5.58 Å². The smallest absolute Gasteiger partial charge is 0.227 e. The summed E-state index contributed by atoms with van der Waals surface area (Å²) in [7, 11) is 0. The highest BCUT2D eigenvalue weighted by atomic mass is 16.3. The van der Waals surface area contributed by atoms with Gasteiger partial charge in [-0.3, -0.25) is 0 Å². The van der Waals surface area contributed by atoms with Crippen molar-refractivity contribution < 1.29 is 4.42 Å². The van der Waals surface area contributed by atoms with Crippen LogP contribution in [0.1, 0.15) is 5.82 Å². The number of nitrogens with zero attached hydrogens (tertiary/aromatic N) is 2. The molecule has 2 heterocycles. The van der Waals surface area contributed by atoms with E-state index in [1.807, 2.05) is 37.3 Å². The van der Waals surface area contributed by atoms with Crippen molar-refractivity contribution in [2.24, 2.45) is 0 Å². The molecular formula is C15H12N4O. The van der Waals surface area contributed by atoms with E-state index in [2.05, 4.69) is 15.0 Å². The number of nitrogen functional groups attached to an aromatic ring is 1. The standard InChI is InChI=1S/C15H12N4O/c1-8-17-11-4-2-9(6-13(11)18-8)15-19-12-5-3-10(16)7-14(12)20-15/h2-7H,16H2,1H3,(H,17,18). The number of nitrogens with two attached hydrogens (primary N) is 1. The summed E-state index contributed by atoms with van der Waals surface area (Å²) in [6.07, 6.45) is 0. The van der Waals surface area contributed by atoms with Crippen molar-refractivity contribution in [3.8, 4) is 11.5 Å². The number of anilines is 1. The molecule has 0 bridgehead atoms. The third-order valence-electron chi connectivity index (χ3n) is 3.26. The minimum Gasteiger partial charge on any atom is -0.436 e. The monoisotopic (exact) mass is 264 g/mol. The topological polar surface area (TPSA) is 80.7 Å². The number of hydrogen-bond donors (Lipinski definition) is 2. The molecule has 0 unspecified atom stereocenters. The number of H-pyrrole nitrogens is 1. The lowest BCUT2D eigenvalue weighted by molar-refractivity contribution is 0.620. The molecule has 0 atom stereocenters. The molecule has 2 aromatic carbocycles. The highest BCUT2D eigenvalue weighted by Gasteiger charge is 2.10. The molecule has 0 fully saturated rings. The van der Waals surface area contributed by atoms with Gasteiger partial charge in [-0.1, -0.05) is 0 Å². The van der Waals surface area contributed by atoms with Gasteiger partial charge in [-0.2, -0.15) is 0 Å². The fourth-order valence-electron chi connectivity index (χ4n) is 2.33. The zero-order valence-corrected chi connectivity index (χ0v) is 10.8. The van der Waals surface area contributed by atoms with Gasteiger partial charge in [0, 0.05) is 17.3 Å². The molecule has 3 N–H and O–H groups in total. The molecular weight excluding hydrogens is 252 g/mol. The van der Waals surface area contributed by atoms with Crippen molar-refractivity contribution >= 4 is 27.8 Å². The fraction of sp³-hybridized carbons (Fsp3) is 0.0667. The van der Waals surface area contributed by atoms with Crippen LogP contribution < -0.4 is 5.73 Å². The number of aromatic amines is 1. The van der Waals surface area contributed by atoms with Gasteiger partial charge in [-0.05, 0) is 37.3 Å². The van der Waals surface area contributed by atoms with Crippen molar-refractivity contribution in [2.45, 2.75) is 6.92 Å². The Hall–Kier alpha value is -2.82. The van der Waals surface area contributed by atoms with Gasteiger partial charge in [0.25, 0.3) is 0 Å². The summed E-state index contributed by atoms with van der Waals surface area (Å²) in [6.45, 7) is 1.93. The molecule has 0 amide bonds. The van der Waals surface area contributed by atoms with Gasteiger partial charge in [0.05, 0.1) is 11.0 Å². The van der Waals surface area contributed by atoms with E-state index in [-0.39, 0.29) is 0 Å². The van der Waals surface area contributed by atoms with Gasteiger partial charge < -0.3 is 15.1 Å². The van der Waals surface area contributed by atoms with E-state index in [1.54, 1.807) is 6.07 Å². The number of nitrogens with one attached hydrogen (secondary N) is 1. The number of aryl methyl sites for hydroxylation is 1. The van der Waals surface area contributed by atoms with Crippen LogP contribution in [0.2, 0.25) is 0 Å². The van der Waals surface area contributed by atoms with Crippen molar-refractivity contribution in [3.63, 3.8) is 0 Å². The number of fused-ring (bicyclic) bond motifs is 2. The number of hydrogen-bond acceptors (Lipinski definition) is 4. The molecule has 4 aromatic rings. The Morgan fingerprint density at radius 1 is 1.05 bits per heavy atom. The molecule has 2 aromatic heterocycles. The van der Waals surface area contributed by atoms with E-state index in [4.69, 9.17) is 10.2 Å². The molecule has 20 heavy (non-hydrogen) atoms. The van der Waals surface area contributed by atoms with E-state index < -0.39 is 0 Å². The Morgan fingerprint density at radius 2 is 1.90 bits per heavy atom. The van der Waals surface area contributed by atoms with E-state index in [9.17, 15) is 0 Å². The van der Waals surface area contributed by atoms with Crippen molar-refractivity contribution in [1.29, 1.82) is 0 Å². The largest absolute Gasteiger partial charge is 0.436 e. The molecule has 5 nitrogen and oxygen atoms in total. The molecule has 0 saturated heterocycles. The summed E-state index contributed by atoms with van der Waals surface area (Å²) in [5.74, 6) is 1.47. The minimum atomic E-state index is 0.583. The molecule has 4 rings (SSSR count). The Labute approximate surface area is 114 Å². The van der Waals surface area contributed by atoms with E-state index >= 15 is 0 Å². The lowest BCUT2D eigenvalue weighted by atomic mass is 10.2. The van der Waals surface area contributed by atoms with Crippen LogP contribution in [0.25, 0.3) is 33.6 Å². The minimum absolute atomic E-state index is 0.583. The average molecular weight is 264 g/mol. The number of imidazole rings is 1. The summed E-state index contributed by atoms with van der Waals surface area (Å²) < 4.78 is 5.77. The van der Waals surface area contributed by atoms with Crippen LogP contribution in [0.15, 0.2) is 40.8 Å². The first-order valence-electron chi connectivity index (χ1n) is 6.32. The van der Waals surface area contributed by atoms with Crippen LogP contribution in [0.3, 0.4) is 0 Å². The van der Waals surface area contributed by atoms with Crippen LogP contribution in [-0.4, -0.2) is 15.0 Å². The lowest BCUT2D eigenvalue weighted by Gasteiger charge is -1.94. The van der Waals surface area contributed by atoms with Gasteiger partial charge in [0.2, 0.25) is 5.89 Å². The number of aromatic nitrogens is 3.